The van der Waals surface area contributed by atoms with Crippen molar-refractivity contribution in [2.24, 2.45) is 0 Å². The van der Waals surface area contributed by atoms with Crippen molar-refractivity contribution in [3.63, 3.8) is 0 Å². The van der Waals surface area contributed by atoms with E-state index < -0.39 is 5.82 Å². The zero-order valence-electron chi connectivity index (χ0n) is 10.2. The molecule has 0 aliphatic rings. The van der Waals surface area contributed by atoms with Crippen molar-refractivity contribution in [3.8, 4) is 17.2 Å². The van der Waals surface area contributed by atoms with Gasteiger partial charge in [0.05, 0.1) is 18.2 Å². The number of hydrogen-bond donors (Lipinski definition) is 1. The highest BCUT2D eigenvalue weighted by Gasteiger charge is 2.09. The minimum absolute atomic E-state index is 0.291. The van der Waals surface area contributed by atoms with Gasteiger partial charge >= 0.3 is 0 Å². The number of aliphatic hydroxyl groups is 1. The molecule has 3 nitrogen and oxygen atoms in total. The van der Waals surface area contributed by atoms with E-state index in [4.69, 9.17) is 9.47 Å². The Morgan fingerprint density at radius 1 is 1.16 bits per heavy atom. The fourth-order valence-corrected chi connectivity index (χ4v) is 2.02. The van der Waals surface area contributed by atoms with Crippen LogP contribution < -0.4 is 9.47 Å². The smallest absolute Gasteiger partial charge is 0.141 e. The highest BCUT2D eigenvalue weighted by atomic mass is 79.9. The first-order valence-electron chi connectivity index (χ1n) is 5.54. The second-order valence-electron chi connectivity index (χ2n) is 3.81. The fourth-order valence-electron chi connectivity index (χ4n) is 1.58. The van der Waals surface area contributed by atoms with E-state index in [1.165, 1.54) is 18.2 Å². The summed E-state index contributed by atoms with van der Waals surface area (Å²) < 4.78 is 24.5. The molecule has 19 heavy (non-hydrogen) atoms. The maximum atomic E-state index is 13.1. The van der Waals surface area contributed by atoms with Crippen LogP contribution in [0, 0.1) is 5.82 Å². The number of halogens is 2. The van der Waals surface area contributed by atoms with Crippen LogP contribution in [-0.2, 0) is 6.61 Å². The van der Waals surface area contributed by atoms with Gasteiger partial charge in [-0.05, 0) is 52.3 Å². The highest BCUT2D eigenvalue weighted by molar-refractivity contribution is 9.10. The molecule has 0 radical (unpaired) electrons. The van der Waals surface area contributed by atoms with E-state index in [9.17, 15) is 9.50 Å². The minimum Gasteiger partial charge on any atom is -0.497 e. The van der Waals surface area contributed by atoms with Gasteiger partial charge < -0.3 is 14.6 Å². The molecule has 0 amide bonds. The molecule has 0 aromatic heterocycles. The SMILES string of the molecule is COc1ccc(Oc2ccc(F)cc2CO)c(Br)c1. The van der Waals surface area contributed by atoms with E-state index in [0.717, 1.165) is 0 Å². The number of rotatable bonds is 4. The monoisotopic (exact) mass is 326 g/mol. The Morgan fingerprint density at radius 3 is 2.53 bits per heavy atom. The lowest BCUT2D eigenvalue weighted by atomic mass is 10.2. The summed E-state index contributed by atoms with van der Waals surface area (Å²) in [5.74, 6) is 1.25. The number of hydrogen-bond acceptors (Lipinski definition) is 3. The van der Waals surface area contributed by atoms with E-state index in [1.807, 2.05) is 0 Å². The first-order chi connectivity index (χ1) is 9.13. The van der Waals surface area contributed by atoms with E-state index in [1.54, 1.807) is 25.3 Å². The predicted molar refractivity (Wildman–Crippen MR) is 73.1 cm³/mol. The van der Waals surface area contributed by atoms with Gasteiger partial charge in [-0.15, -0.1) is 0 Å². The number of aliphatic hydroxyl groups excluding tert-OH is 1. The van der Waals surface area contributed by atoms with Crippen LogP contribution in [0.25, 0.3) is 0 Å². The Balaban J connectivity index is 2.31. The third kappa shape index (κ3) is 3.24. The van der Waals surface area contributed by atoms with Gasteiger partial charge in [-0.3, -0.25) is 0 Å². The summed E-state index contributed by atoms with van der Waals surface area (Å²) in [6.07, 6.45) is 0. The summed E-state index contributed by atoms with van der Waals surface area (Å²) in [5.41, 5.74) is 0.391. The summed E-state index contributed by atoms with van der Waals surface area (Å²) in [4.78, 5) is 0. The molecule has 1 N–H and O–H groups in total. The van der Waals surface area contributed by atoms with Crippen LogP contribution in [0.1, 0.15) is 5.56 Å². The van der Waals surface area contributed by atoms with E-state index in [2.05, 4.69) is 15.9 Å². The molecule has 0 aliphatic heterocycles. The van der Waals surface area contributed by atoms with Crippen LogP contribution >= 0.6 is 15.9 Å². The predicted octanol–water partition coefficient (Wildman–Crippen LogP) is 3.88. The van der Waals surface area contributed by atoms with Gasteiger partial charge in [-0.1, -0.05) is 0 Å². The molecule has 2 aromatic rings. The molecule has 0 atom stereocenters. The fraction of sp³-hybridized carbons (Fsp3) is 0.143. The van der Waals surface area contributed by atoms with Crippen molar-refractivity contribution in [3.05, 3.63) is 52.3 Å². The molecule has 0 saturated heterocycles. The molecule has 2 rings (SSSR count). The summed E-state index contributed by atoms with van der Waals surface area (Å²) >= 11 is 3.36. The third-order valence-corrected chi connectivity index (χ3v) is 3.17. The summed E-state index contributed by atoms with van der Waals surface area (Å²) in [6.45, 7) is -0.291. The topological polar surface area (TPSA) is 38.7 Å². The van der Waals surface area contributed by atoms with Crippen LogP contribution in [0.15, 0.2) is 40.9 Å². The Kier molecular flexibility index (Phi) is 4.39. The molecule has 0 aliphatic carbocycles. The molecule has 0 fully saturated rings. The van der Waals surface area contributed by atoms with Crippen LogP contribution in [0.5, 0.6) is 17.2 Å². The number of methoxy groups -OCH3 is 1. The maximum absolute atomic E-state index is 13.1. The molecule has 0 heterocycles. The maximum Gasteiger partial charge on any atom is 0.141 e. The molecule has 0 spiro atoms. The molecule has 5 heteroatoms. The second-order valence-corrected chi connectivity index (χ2v) is 4.66. The average molecular weight is 327 g/mol. The first-order valence-corrected chi connectivity index (χ1v) is 6.34. The quantitative estimate of drug-likeness (QED) is 0.926. The lowest BCUT2D eigenvalue weighted by Crippen LogP contribution is -1.94. The molecular weight excluding hydrogens is 315 g/mol. The Bertz CT molecular complexity index is 587. The molecule has 0 unspecified atom stereocenters. The lowest BCUT2D eigenvalue weighted by Gasteiger charge is -2.12. The molecule has 2 aromatic carbocycles. The van der Waals surface area contributed by atoms with Gasteiger partial charge in [0, 0.05) is 5.56 Å². The first kappa shape index (κ1) is 13.8. The second kappa shape index (κ2) is 6.04. The average Bonchev–Trinajstić information content (AvgIpc) is 2.42. The Hall–Kier alpha value is -1.59. The summed E-state index contributed by atoms with van der Waals surface area (Å²) in [7, 11) is 1.58. The highest BCUT2D eigenvalue weighted by Crippen LogP contribution is 2.34. The normalized spacial score (nSPS) is 10.3. The summed E-state index contributed by atoms with van der Waals surface area (Å²) in [5, 5.41) is 9.19. The van der Waals surface area contributed by atoms with E-state index in [0.29, 0.717) is 27.3 Å². The van der Waals surface area contributed by atoms with Crippen molar-refractivity contribution in [1.29, 1.82) is 0 Å². The third-order valence-electron chi connectivity index (χ3n) is 2.55. The van der Waals surface area contributed by atoms with Crippen LogP contribution in [0.3, 0.4) is 0 Å². The van der Waals surface area contributed by atoms with Crippen molar-refractivity contribution >= 4 is 15.9 Å². The van der Waals surface area contributed by atoms with Crippen molar-refractivity contribution < 1.29 is 19.0 Å². The van der Waals surface area contributed by atoms with Crippen LogP contribution in [0.2, 0.25) is 0 Å². The molecular formula is C14H12BrFO3. The standard InChI is InChI=1S/C14H12BrFO3/c1-18-11-3-5-14(12(15)7-11)19-13-4-2-10(16)6-9(13)8-17/h2-7,17H,8H2,1H3. The Labute approximate surface area is 118 Å². The van der Waals surface area contributed by atoms with Gasteiger partial charge in [0.2, 0.25) is 0 Å². The van der Waals surface area contributed by atoms with Crippen molar-refractivity contribution in [2.75, 3.05) is 7.11 Å². The van der Waals surface area contributed by atoms with Crippen molar-refractivity contribution in [1.82, 2.24) is 0 Å². The van der Waals surface area contributed by atoms with Gasteiger partial charge in [-0.25, -0.2) is 4.39 Å². The van der Waals surface area contributed by atoms with Crippen molar-refractivity contribution in [2.45, 2.75) is 6.61 Å². The summed E-state index contributed by atoms with van der Waals surface area (Å²) in [6, 6.07) is 9.25. The van der Waals surface area contributed by atoms with Gasteiger partial charge in [-0.2, -0.15) is 0 Å². The molecule has 0 saturated carbocycles. The Morgan fingerprint density at radius 2 is 1.89 bits per heavy atom. The largest absolute Gasteiger partial charge is 0.497 e. The molecule has 0 bridgehead atoms. The van der Waals surface area contributed by atoms with E-state index in [-0.39, 0.29) is 6.61 Å². The minimum atomic E-state index is -0.412. The number of ether oxygens (including phenoxy) is 2. The zero-order chi connectivity index (χ0) is 13.8. The van der Waals surface area contributed by atoms with Gasteiger partial charge in [0.15, 0.2) is 0 Å². The zero-order valence-corrected chi connectivity index (χ0v) is 11.8. The molecule has 100 valence electrons. The van der Waals surface area contributed by atoms with Gasteiger partial charge in [0.25, 0.3) is 0 Å². The van der Waals surface area contributed by atoms with E-state index >= 15 is 0 Å². The van der Waals surface area contributed by atoms with Crippen LogP contribution in [-0.4, -0.2) is 12.2 Å². The van der Waals surface area contributed by atoms with Gasteiger partial charge in [0.1, 0.15) is 23.1 Å². The van der Waals surface area contributed by atoms with Crippen LogP contribution in [0.4, 0.5) is 4.39 Å². The lowest BCUT2D eigenvalue weighted by molar-refractivity contribution is 0.275. The number of benzene rings is 2.